The van der Waals surface area contributed by atoms with Gasteiger partial charge < -0.3 is 20.2 Å². The van der Waals surface area contributed by atoms with Gasteiger partial charge in [0.15, 0.2) is 5.13 Å². The average molecular weight is 442 g/mol. The number of rotatable bonds is 9. The van der Waals surface area contributed by atoms with Crippen molar-refractivity contribution in [3.8, 4) is 5.75 Å². The smallest absolute Gasteiger partial charge is 0.260 e. The molecule has 0 atom stereocenters. The first-order chi connectivity index (χ1) is 14.9. The van der Waals surface area contributed by atoms with Crippen LogP contribution in [0.2, 0.25) is 0 Å². The second kappa shape index (κ2) is 10.4. The Morgan fingerprint density at radius 3 is 2.68 bits per heavy atom. The molecular formula is C21H22N4O5S. The number of carbonyl (C=O) groups excluding carboxylic acids is 3. The van der Waals surface area contributed by atoms with E-state index in [4.69, 9.17) is 4.42 Å². The van der Waals surface area contributed by atoms with Gasteiger partial charge in [0.25, 0.3) is 11.8 Å². The first kappa shape index (κ1) is 22.0. The second-order valence-electron chi connectivity index (χ2n) is 6.68. The van der Waals surface area contributed by atoms with Crippen LogP contribution in [0, 0.1) is 6.92 Å². The molecule has 0 aliphatic carbocycles. The molecule has 2 aromatic heterocycles. The van der Waals surface area contributed by atoms with Crippen molar-refractivity contribution >= 4 is 34.2 Å². The fraction of sp³-hybridized carbons (Fsp3) is 0.238. The third-order valence-electron chi connectivity index (χ3n) is 4.29. The second-order valence-corrected chi connectivity index (χ2v) is 7.53. The van der Waals surface area contributed by atoms with Gasteiger partial charge in [-0.15, -0.1) is 11.3 Å². The van der Waals surface area contributed by atoms with E-state index in [9.17, 15) is 19.5 Å². The monoisotopic (exact) mass is 442 g/mol. The van der Waals surface area contributed by atoms with Gasteiger partial charge in [0.2, 0.25) is 5.91 Å². The number of nitrogens with one attached hydrogen (secondary N) is 3. The fourth-order valence-electron chi connectivity index (χ4n) is 2.72. The third-order valence-corrected chi connectivity index (χ3v) is 5.09. The molecule has 0 radical (unpaired) electrons. The van der Waals surface area contributed by atoms with Crippen LogP contribution in [0.5, 0.6) is 5.75 Å². The summed E-state index contributed by atoms with van der Waals surface area (Å²) in [5, 5.41) is 19.7. The predicted molar refractivity (Wildman–Crippen MR) is 115 cm³/mol. The van der Waals surface area contributed by atoms with Crippen molar-refractivity contribution < 1.29 is 23.9 Å². The topological polar surface area (TPSA) is 134 Å². The highest BCUT2D eigenvalue weighted by atomic mass is 32.1. The van der Waals surface area contributed by atoms with E-state index >= 15 is 0 Å². The lowest BCUT2D eigenvalue weighted by Gasteiger charge is -2.07. The Morgan fingerprint density at radius 2 is 1.94 bits per heavy atom. The quantitative estimate of drug-likeness (QED) is 0.376. The molecule has 3 aromatic rings. The SMILES string of the molecule is Cc1occc1C(=O)Nc1nc(CC(=O)NCCCNC(=O)c2cccc(O)c2)cs1. The number of aryl methyl sites for hydroxylation is 1. The minimum Gasteiger partial charge on any atom is -0.508 e. The summed E-state index contributed by atoms with van der Waals surface area (Å²) in [5.41, 5.74) is 1.36. The average Bonchev–Trinajstić information content (AvgIpc) is 3.36. The standard InChI is InChI=1S/C21H22N4O5S/c1-13-17(6-9-30-13)20(29)25-21-24-15(12-31-21)11-18(27)22-7-3-8-23-19(28)14-4-2-5-16(26)10-14/h2,4-6,9-10,12,26H,3,7-8,11H2,1H3,(H,22,27)(H,23,28)(H,24,25,29). The number of amides is 3. The van der Waals surface area contributed by atoms with Gasteiger partial charge in [-0.2, -0.15) is 0 Å². The van der Waals surface area contributed by atoms with Crippen LogP contribution in [0.25, 0.3) is 0 Å². The van der Waals surface area contributed by atoms with E-state index in [0.717, 1.165) is 0 Å². The Labute approximate surface area is 182 Å². The molecule has 31 heavy (non-hydrogen) atoms. The van der Waals surface area contributed by atoms with Crippen molar-refractivity contribution in [3.63, 3.8) is 0 Å². The molecule has 1 aromatic carbocycles. The highest BCUT2D eigenvalue weighted by molar-refractivity contribution is 7.14. The summed E-state index contributed by atoms with van der Waals surface area (Å²) in [4.78, 5) is 40.4. The molecule has 0 bridgehead atoms. The summed E-state index contributed by atoms with van der Waals surface area (Å²) in [7, 11) is 0. The van der Waals surface area contributed by atoms with Crippen molar-refractivity contribution in [2.24, 2.45) is 0 Å². The lowest BCUT2D eigenvalue weighted by atomic mass is 10.2. The number of thiazole rings is 1. The molecule has 0 fully saturated rings. The van der Waals surface area contributed by atoms with Crippen LogP contribution in [-0.4, -0.2) is 40.9 Å². The number of benzene rings is 1. The van der Waals surface area contributed by atoms with Crippen LogP contribution in [0.3, 0.4) is 0 Å². The van der Waals surface area contributed by atoms with Crippen LogP contribution in [0.1, 0.15) is 38.6 Å². The largest absolute Gasteiger partial charge is 0.508 e. The van der Waals surface area contributed by atoms with Crippen molar-refractivity contribution in [2.75, 3.05) is 18.4 Å². The van der Waals surface area contributed by atoms with Crippen LogP contribution in [0.15, 0.2) is 46.4 Å². The van der Waals surface area contributed by atoms with Gasteiger partial charge in [0.1, 0.15) is 11.5 Å². The molecule has 9 nitrogen and oxygen atoms in total. The van der Waals surface area contributed by atoms with E-state index in [1.165, 1.54) is 29.7 Å². The van der Waals surface area contributed by atoms with E-state index in [2.05, 4.69) is 20.9 Å². The minimum atomic E-state index is -0.315. The summed E-state index contributed by atoms with van der Waals surface area (Å²) in [5.74, 6) is -0.254. The summed E-state index contributed by atoms with van der Waals surface area (Å²) in [6.45, 7) is 2.48. The van der Waals surface area contributed by atoms with E-state index in [0.29, 0.717) is 47.2 Å². The molecule has 3 amide bonds. The van der Waals surface area contributed by atoms with E-state index < -0.39 is 0 Å². The number of nitrogens with zero attached hydrogens (tertiary/aromatic N) is 1. The molecular weight excluding hydrogens is 420 g/mol. The molecule has 10 heteroatoms. The molecule has 0 aliphatic rings. The first-order valence-electron chi connectivity index (χ1n) is 9.56. The van der Waals surface area contributed by atoms with Gasteiger partial charge in [-0.25, -0.2) is 4.98 Å². The highest BCUT2D eigenvalue weighted by Crippen LogP contribution is 2.18. The van der Waals surface area contributed by atoms with E-state index in [-0.39, 0.29) is 29.9 Å². The summed E-state index contributed by atoms with van der Waals surface area (Å²) in [6, 6.07) is 7.67. The molecule has 4 N–H and O–H groups in total. The van der Waals surface area contributed by atoms with Gasteiger partial charge >= 0.3 is 0 Å². The maximum absolute atomic E-state index is 12.2. The van der Waals surface area contributed by atoms with Crippen molar-refractivity contribution in [1.29, 1.82) is 0 Å². The number of phenols is 1. The number of hydrogen-bond donors (Lipinski definition) is 4. The zero-order chi connectivity index (χ0) is 22.2. The molecule has 3 rings (SSSR count). The lowest BCUT2D eigenvalue weighted by Crippen LogP contribution is -2.30. The van der Waals surface area contributed by atoms with E-state index in [1.807, 2.05) is 0 Å². The van der Waals surface area contributed by atoms with Crippen molar-refractivity contribution in [2.45, 2.75) is 19.8 Å². The number of furan rings is 1. The normalized spacial score (nSPS) is 10.5. The molecule has 162 valence electrons. The van der Waals surface area contributed by atoms with E-state index in [1.54, 1.807) is 30.5 Å². The third kappa shape index (κ3) is 6.41. The van der Waals surface area contributed by atoms with Crippen LogP contribution >= 0.6 is 11.3 Å². The van der Waals surface area contributed by atoms with Crippen molar-refractivity contribution in [3.05, 3.63) is 64.6 Å². The van der Waals surface area contributed by atoms with Gasteiger partial charge in [-0.3, -0.25) is 19.7 Å². The van der Waals surface area contributed by atoms with Gasteiger partial charge in [0.05, 0.1) is 23.9 Å². The van der Waals surface area contributed by atoms with Gasteiger partial charge in [0, 0.05) is 24.0 Å². The Kier molecular flexibility index (Phi) is 7.39. The maximum atomic E-state index is 12.2. The van der Waals surface area contributed by atoms with Gasteiger partial charge in [-0.05, 0) is 37.6 Å². The Balaban J connectivity index is 1.35. The lowest BCUT2D eigenvalue weighted by molar-refractivity contribution is -0.120. The maximum Gasteiger partial charge on any atom is 0.260 e. The molecule has 0 unspecified atom stereocenters. The molecule has 0 saturated carbocycles. The Morgan fingerprint density at radius 1 is 1.13 bits per heavy atom. The fourth-order valence-corrected chi connectivity index (χ4v) is 3.43. The molecule has 0 spiro atoms. The summed E-state index contributed by atoms with van der Waals surface area (Å²) in [6.07, 6.45) is 2.09. The number of phenolic OH excluding ortho intramolecular Hbond substituents is 1. The van der Waals surface area contributed by atoms with Crippen LogP contribution in [0.4, 0.5) is 5.13 Å². The Hall–Kier alpha value is -3.66. The van der Waals surface area contributed by atoms with Crippen molar-refractivity contribution in [1.82, 2.24) is 15.6 Å². The predicted octanol–water partition coefficient (Wildman–Crippen LogP) is 2.48. The number of aromatic nitrogens is 1. The highest BCUT2D eigenvalue weighted by Gasteiger charge is 2.14. The zero-order valence-corrected chi connectivity index (χ0v) is 17.6. The zero-order valence-electron chi connectivity index (χ0n) is 16.8. The number of aromatic hydroxyl groups is 1. The Bertz CT molecular complexity index is 1080. The van der Waals surface area contributed by atoms with Crippen LogP contribution < -0.4 is 16.0 Å². The van der Waals surface area contributed by atoms with Gasteiger partial charge in [-0.1, -0.05) is 6.07 Å². The number of carbonyl (C=O) groups is 3. The minimum absolute atomic E-state index is 0.0290. The molecule has 2 heterocycles. The summed E-state index contributed by atoms with van der Waals surface area (Å²) >= 11 is 1.24. The number of anilines is 1. The number of hydrogen-bond acceptors (Lipinski definition) is 7. The van der Waals surface area contributed by atoms with Crippen LogP contribution in [-0.2, 0) is 11.2 Å². The molecule has 0 aliphatic heterocycles. The first-order valence-corrected chi connectivity index (χ1v) is 10.4. The summed E-state index contributed by atoms with van der Waals surface area (Å²) < 4.78 is 5.11. The molecule has 0 saturated heterocycles.